The summed E-state index contributed by atoms with van der Waals surface area (Å²) >= 11 is 0. The highest BCUT2D eigenvalue weighted by molar-refractivity contribution is 5.55. The number of rotatable bonds is 1. The zero-order chi connectivity index (χ0) is 11.5. The molecule has 0 radical (unpaired) electrons. The van der Waals surface area contributed by atoms with E-state index in [0.717, 1.165) is 0 Å². The van der Waals surface area contributed by atoms with Gasteiger partial charge in [-0.1, -0.05) is 6.07 Å². The summed E-state index contributed by atoms with van der Waals surface area (Å²) in [5.41, 5.74) is 1.02. The maximum Gasteiger partial charge on any atom is 0.177 e. The van der Waals surface area contributed by atoms with Crippen molar-refractivity contribution in [3.63, 3.8) is 0 Å². The third-order valence-corrected chi connectivity index (χ3v) is 2.20. The number of aromatic nitrogens is 3. The molecule has 0 unspecified atom stereocenters. The molecule has 0 saturated carbocycles. The van der Waals surface area contributed by atoms with E-state index < -0.39 is 0 Å². The first-order valence-electron chi connectivity index (χ1n) is 4.56. The highest BCUT2D eigenvalue weighted by Gasteiger charge is 2.15. The lowest BCUT2D eigenvalue weighted by Gasteiger charge is -1.99. The summed E-state index contributed by atoms with van der Waals surface area (Å²) < 4.78 is 1.57. The van der Waals surface area contributed by atoms with Gasteiger partial charge in [0.05, 0.1) is 0 Å². The summed E-state index contributed by atoms with van der Waals surface area (Å²) in [6.45, 7) is 0. The van der Waals surface area contributed by atoms with Crippen molar-refractivity contribution >= 4 is 0 Å². The van der Waals surface area contributed by atoms with E-state index in [9.17, 15) is 0 Å². The molecule has 2 aromatic heterocycles. The molecule has 0 aliphatic rings. The fourth-order valence-corrected chi connectivity index (χ4v) is 1.43. The van der Waals surface area contributed by atoms with Crippen LogP contribution in [0.5, 0.6) is 0 Å². The minimum Gasteiger partial charge on any atom is -0.316 e. The molecule has 0 aliphatic heterocycles. The van der Waals surface area contributed by atoms with Crippen molar-refractivity contribution in [1.82, 2.24) is 14.5 Å². The van der Waals surface area contributed by atoms with Gasteiger partial charge in [0.2, 0.25) is 0 Å². The number of nitriles is 2. The van der Waals surface area contributed by atoms with Crippen LogP contribution in [0.2, 0.25) is 0 Å². The summed E-state index contributed by atoms with van der Waals surface area (Å²) in [5.74, 6) is 0.522. The predicted octanol–water partition coefficient (Wildman–Crippen LogP) is 1.23. The average Bonchev–Trinajstić information content (AvgIpc) is 2.66. The van der Waals surface area contributed by atoms with Gasteiger partial charge in [-0.05, 0) is 12.1 Å². The van der Waals surface area contributed by atoms with E-state index in [2.05, 4.69) is 9.97 Å². The zero-order valence-corrected chi connectivity index (χ0v) is 8.55. The van der Waals surface area contributed by atoms with E-state index in [0.29, 0.717) is 11.5 Å². The molecule has 0 spiro atoms. The minimum absolute atomic E-state index is 0.130. The lowest BCUT2D eigenvalue weighted by Crippen LogP contribution is -1.96. The second-order valence-electron chi connectivity index (χ2n) is 3.13. The van der Waals surface area contributed by atoms with Gasteiger partial charge in [0.1, 0.15) is 17.8 Å². The monoisotopic (exact) mass is 209 g/mol. The SMILES string of the molecule is Cn1c(-c2ccccn2)nc(C#N)c1C#N. The molecule has 0 amide bonds. The van der Waals surface area contributed by atoms with E-state index in [-0.39, 0.29) is 11.4 Å². The Balaban J connectivity index is 2.66. The van der Waals surface area contributed by atoms with Crippen LogP contribution in [0.25, 0.3) is 11.5 Å². The van der Waals surface area contributed by atoms with Crippen molar-refractivity contribution in [2.75, 3.05) is 0 Å². The van der Waals surface area contributed by atoms with Crippen molar-refractivity contribution in [1.29, 1.82) is 10.5 Å². The van der Waals surface area contributed by atoms with E-state index in [1.54, 1.807) is 29.9 Å². The highest BCUT2D eigenvalue weighted by Crippen LogP contribution is 2.18. The van der Waals surface area contributed by atoms with Crippen LogP contribution in [0, 0.1) is 22.7 Å². The Labute approximate surface area is 92.2 Å². The fraction of sp³-hybridized carbons (Fsp3) is 0.0909. The molecular formula is C11H7N5. The molecule has 5 heteroatoms. The molecule has 0 N–H and O–H groups in total. The van der Waals surface area contributed by atoms with Gasteiger partial charge in [-0.25, -0.2) is 4.98 Å². The smallest absolute Gasteiger partial charge is 0.177 e. The second-order valence-corrected chi connectivity index (χ2v) is 3.13. The van der Waals surface area contributed by atoms with Gasteiger partial charge < -0.3 is 4.57 Å². The molecule has 0 atom stereocenters. The molecule has 0 bridgehead atoms. The maximum absolute atomic E-state index is 8.91. The van der Waals surface area contributed by atoms with Crippen molar-refractivity contribution in [2.24, 2.45) is 7.05 Å². The third kappa shape index (κ3) is 1.41. The zero-order valence-electron chi connectivity index (χ0n) is 8.55. The molecule has 0 aliphatic carbocycles. The molecule has 2 aromatic rings. The van der Waals surface area contributed by atoms with Crippen LogP contribution in [0.3, 0.4) is 0 Å². The van der Waals surface area contributed by atoms with Crippen LogP contribution < -0.4 is 0 Å². The molecule has 2 heterocycles. The Bertz CT molecular complexity index is 598. The first-order valence-corrected chi connectivity index (χ1v) is 4.56. The fourth-order valence-electron chi connectivity index (χ4n) is 1.43. The maximum atomic E-state index is 8.91. The molecule has 0 saturated heterocycles. The first-order chi connectivity index (χ1) is 7.77. The van der Waals surface area contributed by atoms with Crippen LogP contribution >= 0.6 is 0 Å². The molecule has 0 fully saturated rings. The topological polar surface area (TPSA) is 78.3 Å². The summed E-state index contributed by atoms with van der Waals surface area (Å²) in [4.78, 5) is 8.22. The highest BCUT2D eigenvalue weighted by atomic mass is 15.1. The van der Waals surface area contributed by atoms with Gasteiger partial charge in [-0.15, -0.1) is 0 Å². The Morgan fingerprint density at radius 2 is 2.06 bits per heavy atom. The largest absolute Gasteiger partial charge is 0.316 e. The Kier molecular flexibility index (Phi) is 2.37. The van der Waals surface area contributed by atoms with Crippen LogP contribution in [0.15, 0.2) is 24.4 Å². The standard InChI is InChI=1S/C11H7N5/c1-16-10(7-13)9(6-12)15-11(16)8-4-2-3-5-14-8/h2-5H,1H3. The van der Waals surface area contributed by atoms with Crippen LogP contribution in [-0.4, -0.2) is 14.5 Å². The molecule has 76 valence electrons. The van der Waals surface area contributed by atoms with Gasteiger partial charge in [0, 0.05) is 13.2 Å². The summed E-state index contributed by atoms with van der Waals surface area (Å²) in [6, 6.07) is 9.26. The Hall–Kier alpha value is -2.66. The second kappa shape index (κ2) is 3.84. The van der Waals surface area contributed by atoms with Crippen molar-refractivity contribution in [3.8, 4) is 23.7 Å². The van der Waals surface area contributed by atoms with Crippen LogP contribution in [0.1, 0.15) is 11.4 Å². The van der Waals surface area contributed by atoms with Crippen molar-refractivity contribution in [2.45, 2.75) is 0 Å². The predicted molar refractivity (Wildman–Crippen MR) is 55.9 cm³/mol. The van der Waals surface area contributed by atoms with E-state index in [1.165, 1.54) is 0 Å². The van der Waals surface area contributed by atoms with E-state index in [4.69, 9.17) is 10.5 Å². The van der Waals surface area contributed by atoms with E-state index in [1.807, 2.05) is 18.2 Å². The summed E-state index contributed by atoms with van der Waals surface area (Å²) in [6.07, 6.45) is 1.64. The molecule has 5 nitrogen and oxygen atoms in total. The lowest BCUT2D eigenvalue weighted by atomic mass is 10.3. The molecule has 2 rings (SSSR count). The number of imidazole rings is 1. The van der Waals surface area contributed by atoms with E-state index >= 15 is 0 Å². The quantitative estimate of drug-likeness (QED) is 0.707. The number of nitrogens with zero attached hydrogens (tertiary/aromatic N) is 5. The Morgan fingerprint density at radius 3 is 2.56 bits per heavy atom. The Morgan fingerprint density at radius 1 is 1.25 bits per heavy atom. The van der Waals surface area contributed by atoms with Crippen LogP contribution in [0.4, 0.5) is 0 Å². The average molecular weight is 209 g/mol. The lowest BCUT2D eigenvalue weighted by molar-refractivity contribution is 0.901. The number of pyridine rings is 1. The van der Waals surface area contributed by atoms with Gasteiger partial charge in [-0.3, -0.25) is 4.98 Å². The molecular weight excluding hydrogens is 202 g/mol. The number of hydrogen-bond acceptors (Lipinski definition) is 4. The van der Waals surface area contributed by atoms with Gasteiger partial charge in [0.15, 0.2) is 17.2 Å². The number of hydrogen-bond donors (Lipinski definition) is 0. The minimum atomic E-state index is 0.130. The first kappa shape index (κ1) is 9.88. The third-order valence-electron chi connectivity index (χ3n) is 2.20. The van der Waals surface area contributed by atoms with Gasteiger partial charge in [-0.2, -0.15) is 10.5 Å². The van der Waals surface area contributed by atoms with Crippen LogP contribution in [-0.2, 0) is 7.05 Å². The molecule has 0 aromatic carbocycles. The summed E-state index contributed by atoms with van der Waals surface area (Å²) in [5, 5.41) is 17.7. The van der Waals surface area contributed by atoms with Crippen molar-refractivity contribution in [3.05, 3.63) is 35.8 Å². The van der Waals surface area contributed by atoms with Gasteiger partial charge in [0.25, 0.3) is 0 Å². The van der Waals surface area contributed by atoms with Crippen molar-refractivity contribution < 1.29 is 0 Å². The normalized spacial score (nSPS) is 9.44. The van der Waals surface area contributed by atoms with Gasteiger partial charge >= 0.3 is 0 Å². The summed E-state index contributed by atoms with van der Waals surface area (Å²) in [7, 11) is 1.69. The molecule has 16 heavy (non-hydrogen) atoms.